The van der Waals surface area contributed by atoms with Gasteiger partial charge in [-0.25, -0.2) is 9.38 Å². The summed E-state index contributed by atoms with van der Waals surface area (Å²) in [5.74, 6) is 0.508. The van der Waals surface area contributed by atoms with Crippen LogP contribution in [0.1, 0.15) is 32.3 Å². The molecule has 20 heavy (non-hydrogen) atoms. The highest BCUT2D eigenvalue weighted by molar-refractivity contribution is 6.30. The molecule has 0 bridgehead atoms. The van der Waals surface area contributed by atoms with E-state index in [9.17, 15) is 4.39 Å². The van der Waals surface area contributed by atoms with Gasteiger partial charge in [0.1, 0.15) is 5.67 Å². The fourth-order valence-corrected chi connectivity index (χ4v) is 2.79. The van der Waals surface area contributed by atoms with Crippen molar-refractivity contribution in [3.63, 3.8) is 0 Å². The zero-order chi connectivity index (χ0) is 14.8. The molecule has 1 saturated carbocycles. The van der Waals surface area contributed by atoms with E-state index in [2.05, 4.69) is 4.99 Å². The highest BCUT2D eigenvalue weighted by Gasteiger charge is 2.46. The molecule has 2 rings (SSSR count). The van der Waals surface area contributed by atoms with Crippen LogP contribution in [0.2, 0.25) is 5.02 Å². The van der Waals surface area contributed by atoms with Gasteiger partial charge in [0.15, 0.2) is 5.96 Å². The molecule has 0 aromatic heterocycles. The average molecular weight is 298 g/mol. The lowest BCUT2D eigenvalue weighted by atomic mass is 9.73. The molecule has 1 aliphatic carbocycles. The smallest absolute Gasteiger partial charge is 0.191 e. The molecule has 0 aliphatic heterocycles. The Bertz CT molecular complexity index is 494. The number of benzene rings is 1. The maximum atomic E-state index is 14.7. The Morgan fingerprint density at radius 2 is 2.10 bits per heavy atom. The molecule has 0 atom stereocenters. The summed E-state index contributed by atoms with van der Waals surface area (Å²) in [6, 6.07) is 6.95. The second-order valence-corrected chi connectivity index (χ2v) is 5.63. The van der Waals surface area contributed by atoms with E-state index in [0.29, 0.717) is 29.4 Å². The average Bonchev–Trinajstić information content (AvgIpc) is 2.38. The number of nitrogens with two attached hydrogens (primary N) is 1. The summed E-state index contributed by atoms with van der Waals surface area (Å²) in [6.45, 7) is 5.68. The molecule has 1 aliphatic rings. The molecule has 0 saturated heterocycles. The SMILES string of the molecule is CCN(CC)C(N)=NC1CC(F)(c2cccc(Cl)c2)C1. The van der Waals surface area contributed by atoms with Crippen molar-refractivity contribution in [1.82, 2.24) is 4.90 Å². The number of halogens is 2. The van der Waals surface area contributed by atoms with Crippen LogP contribution in [-0.4, -0.2) is 30.0 Å². The van der Waals surface area contributed by atoms with E-state index in [1.807, 2.05) is 18.7 Å². The van der Waals surface area contributed by atoms with E-state index in [-0.39, 0.29) is 6.04 Å². The fourth-order valence-electron chi connectivity index (χ4n) is 2.60. The van der Waals surface area contributed by atoms with Crippen molar-refractivity contribution in [2.24, 2.45) is 10.7 Å². The van der Waals surface area contributed by atoms with Gasteiger partial charge in [0.25, 0.3) is 0 Å². The maximum absolute atomic E-state index is 14.7. The third-order valence-electron chi connectivity index (χ3n) is 3.86. The minimum absolute atomic E-state index is 0.0421. The van der Waals surface area contributed by atoms with Gasteiger partial charge in [0.2, 0.25) is 0 Å². The molecular formula is C15H21ClFN3. The molecule has 0 spiro atoms. The Hall–Kier alpha value is -1.29. The number of rotatable bonds is 4. The van der Waals surface area contributed by atoms with Gasteiger partial charge in [0, 0.05) is 31.0 Å². The molecule has 0 unspecified atom stereocenters. The minimum atomic E-state index is -1.32. The minimum Gasteiger partial charge on any atom is -0.370 e. The van der Waals surface area contributed by atoms with E-state index in [1.165, 1.54) is 0 Å². The predicted octanol–water partition coefficient (Wildman–Crippen LogP) is 3.32. The molecule has 3 nitrogen and oxygen atoms in total. The Kier molecular flexibility index (Phi) is 4.53. The molecule has 5 heteroatoms. The number of aliphatic imine (C=N–C) groups is 1. The van der Waals surface area contributed by atoms with Crippen LogP contribution in [0.4, 0.5) is 4.39 Å². The molecule has 1 fully saturated rings. The lowest BCUT2D eigenvalue weighted by molar-refractivity contribution is 0.0410. The van der Waals surface area contributed by atoms with Gasteiger partial charge in [-0.15, -0.1) is 0 Å². The van der Waals surface area contributed by atoms with Crippen LogP contribution >= 0.6 is 11.6 Å². The topological polar surface area (TPSA) is 41.6 Å². The number of alkyl halides is 1. The second-order valence-electron chi connectivity index (χ2n) is 5.20. The first kappa shape index (κ1) is 15.1. The van der Waals surface area contributed by atoms with E-state index >= 15 is 0 Å². The molecule has 1 aromatic carbocycles. The molecule has 0 radical (unpaired) electrons. The number of hydrogen-bond donors (Lipinski definition) is 1. The lowest BCUT2D eigenvalue weighted by Crippen LogP contribution is -2.44. The molecule has 2 N–H and O–H groups in total. The third-order valence-corrected chi connectivity index (χ3v) is 4.10. The quantitative estimate of drug-likeness (QED) is 0.684. The van der Waals surface area contributed by atoms with E-state index in [0.717, 1.165) is 13.1 Å². The monoisotopic (exact) mass is 297 g/mol. The Balaban J connectivity index is 2.01. The van der Waals surface area contributed by atoms with Crippen LogP contribution in [0.3, 0.4) is 0 Å². The summed E-state index contributed by atoms with van der Waals surface area (Å²) < 4.78 is 14.7. The molecule has 1 aromatic rings. The van der Waals surface area contributed by atoms with Crippen LogP contribution in [-0.2, 0) is 5.67 Å². The highest BCUT2D eigenvalue weighted by Crippen LogP contribution is 2.47. The Morgan fingerprint density at radius 3 is 2.65 bits per heavy atom. The summed E-state index contributed by atoms with van der Waals surface area (Å²) in [7, 11) is 0. The largest absolute Gasteiger partial charge is 0.370 e. The van der Waals surface area contributed by atoms with Gasteiger partial charge in [-0.3, -0.25) is 0 Å². The first-order valence-electron chi connectivity index (χ1n) is 7.01. The normalized spacial score (nSPS) is 26.2. The van der Waals surface area contributed by atoms with Crippen molar-refractivity contribution in [3.05, 3.63) is 34.9 Å². The van der Waals surface area contributed by atoms with Crippen LogP contribution in [0.5, 0.6) is 0 Å². The van der Waals surface area contributed by atoms with Crippen molar-refractivity contribution in [2.45, 2.75) is 38.4 Å². The third kappa shape index (κ3) is 3.06. The van der Waals surface area contributed by atoms with Crippen molar-refractivity contribution in [1.29, 1.82) is 0 Å². The maximum Gasteiger partial charge on any atom is 0.191 e. The second kappa shape index (κ2) is 6.00. The Morgan fingerprint density at radius 1 is 1.45 bits per heavy atom. The summed E-state index contributed by atoms with van der Waals surface area (Å²) in [6.07, 6.45) is 0.741. The van der Waals surface area contributed by atoms with Gasteiger partial charge in [-0.05, 0) is 31.5 Å². The Labute approximate surface area is 124 Å². The van der Waals surface area contributed by atoms with Gasteiger partial charge in [-0.2, -0.15) is 0 Å². The van der Waals surface area contributed by atoms with E-state index < -0.39 is 5.67 Å². The molecular weight excluding hydrogens is 277 g/mol. The highest BCUT2D eigenvalue weighted by atomic mass is 35.5. The van der Waals surface area contributed by atoms with E-state index in [4.69, 9.17) is 17.3 Å². The van der Waals surface area contributed by atoms with Crippen molar-refractivity contribution in [3.8, 4) is 0 Å². The summed E-state index contributed by atoms with van der Waals surface area (Å²) in [5, 5.41) is 0.564. The first-order valence-corrected chi connectivity index (χ1v) is 7.39. The van der Waals surface area contributed by atoms with Gasteiger partial charge < -0.3 is 10.6 Å². The summed E-state index contributed by atoms with van der Waals surface area (Å²) in [4.78, 5) is 6.38. The predicted molar refractivity (Wildman–Crippen MR) is 81.8 cm³/mol. The molecule has 0 amide bonds. The van der Waals surface area contributed by atoms with Crippen LogP contribution < -0.4 is 5.73 Å². The molecule has 0 heterocycles. The number of hydrogen-bond acceptors (Lipinski definition) is 1. The number of guanidine groups is 1. The van der Waals surface area contributed by atoms with Crippen molar-refractivity contribution < 1.29 is 4.39 Å². The van der Waals surface area contributed by atoms with Gasteiger partial charge in [-0.1, -0.05) is 23.7 Å². The van der Waals surface area contributed by atoms with Crippen LogP contribution in [0.25, 0.3) is 0 Å². The standard InChI is InChI=1S/C15H21ClFN3/c1-3-20(4-2)14(18)19-13-9-15(17,10-13)11-6-5-7-12(16)8-11/h5-8,13H,3-4,9-10H2,1-2H3,(H2,18,19). The van der Waals surface area contributed by atoms with Gasteiger partial charge >= 0.3 is 0 Å². The van der Waals surface area contributed by atoms with Crippen molar-refractivity contribution in [2.75, 3.05) is 13.1 Å². The zero-order valence-corrected chi connectivity index (χ0v) is 12.7. The lowest BCUT2D eigenvalue weighted by Gasteiger charge is -2.40. The van der Waals surface area contributed by atoms with Gasteiger partial charge in [0.05, 0.1) is 6.04 Å². The van der Waals surface area contributed by atoms with Crippen LogP contribution in [0.15, 0.2) is 29.3 Å². The fraction of sp³-hybridized carbons (Fsp3) is 0.533. The zero-order valence-electron chi connectivity index (χ0n) is 11.9. The first-order chi connectivity index (χ1) is 9.48. The molecule has 110 valence electrons. The van der Waals surface area contributed by atoms with Crippen molar-refractivity contribution >= 4 is 17.6 Å². The van der Waals surface area contributed by atoms with Crippen LogP contribution in [0, 0.1) is 0 Å². The summed E-state index contributed by atoms with van der Waals surface area (Å²) >= 11 is 5.91. The number of nitrogens with zero attached hydrogens (tertiary/aromatic N) is 2. The summed E-state index contributed by atoms with van der Waals surface area (Å²) in [5.41, 5.74) is 5.25. The van der Waals surface area contributed by atoms with E-state index in [1.54, 1.807) is 24.3 Å².